The normalized spacial score (nSPS) is 21.1. The highest BCUT2D eigenvalue weighted by molar-refractivity contribution is 5.90. The van der Waals surface area contributed by atoms with Crippen LogP contribution in [0.2, 0.25) is 0 Å². The number of rotatable bonds is 2. The largest absolute Gasteiger partial charge is 0.467 e. The number of ether oxygens (including phenoxy) is 1. The van der Waals surface area contributed by atoms with Gasteiger partial charge in [0, 0.05) is 0 Å². The number of hydrogen-bond donors (Lipinski definition) is 1. The molecule has 0 bridgehead atoms. The van der Waals surface area contributed by atoms with Crippen molar-refractivity contribution in [2.45, 2.75) is 18.9 Å². The summed E-state index contributed by atoms with van der Waals surface area (Å²) in [5.41, 5.74) is 0.534. The molecule has 76 valence electrons. The molecular formula is C10H13NO3. The van der Waals surface area contributed by atoms with Crippen LogP contribution in [0, 0.1) is 0 Å². The molecule has 0 aliphatic carbocycles. The molecule has 0 aromatic carbocycles. The van der Waals surface area contributed by atoms with Gasteiger partial charge >= 0.3 is 5.97 Å². The molecule has 1 N–H and O–H groups in total. The third-order valence-corrected chi connectivity index (χ3v) is 2.48. The summed E-state index contributed by atoms with van der Waals surface area (Å²) in [6, 6.07) is 1.82. The quantitative estimate of drug-likeness (QED) is 0.726. The molecule has 1 aromatic rings. The van der Waals surface area contributed by atoms with E-state index >= 15 is 0 Å². The van der Waals surface area contributed by atoms with Gasteiger partial charge in [0.25, 0.3) is 0 Å². The number of nitrogens with one attached hydrogen (secondary N) is 1. The van der Waals surface area contributed by atoms with Crippen molar-refractivity contribution in [3.8, 4) is 0 Å². The highest BCUT2D eigenvalue weighted by Crippen LogP contribution is 2.27. The van der Waals surface area contributed by atoms with E-state index in [0.29, 0.717) is 11.3 Å². The molecule has 0 unspecified atom stereocenters. The summed E-state index contributed by atoms with van der Waals surface area (Å²) in [6.45, 7) is 0.978. The van der Waals surface area contributed by atoms with E-state index in [1.807, 2.05) is 0 Å². The van der Waals surface area contributed by atoms with Crippen LogP contribution in [-0.4, -0.2) is 19.6 Å². The molecule has 0 radical (unpaired) electrons. The van der Waals surface area contributed by atoms with E-state index < -0.39 is 0 Å². The molecule has 2 heterocycles. The van der Waals surface area contributed by atoms with Crippen LogP contribution >= 0.6 is 0 Å². The van der Waals surface area contributed by atoms with Gasteiger partial charge in [0.2, 0.25) is 0 Å². The van der Waals surface area contributed by atoms with Gasteiger partial charge in [0.05, 0.1) is 19.4 Å². The van der Waals surface area contributed by atoms with Crippen molar-refractivity contribution in [1.29, 1.82) is 0 Å². The summed E-state index contributed by atoms with van der Waals surface area (Å²) in [4.78, 5) is 11.3. The van der Waals surface area contributed by atoms with Gasteiger partial charge in [-0.1, -0.05) is 0 Å². The average molecular weight is 195 g/mol. The SMILES string of the molecule is COC(=O)c1ccoc1[C@H]1CCCN1. The van der Waals surface area contributed by atoms with E-state index in [9.17, 15) is 4.79 Å². The summed E-state index contributed by atoms with van der Waals surface area (Å²) in [5, 5.41) is 3.28. The first-order valence-electron chi connectivity index (χ1n) is 4.72. The summed E-state index contributed by atoms with van der Waals surface area (Å²) in [5.74, 6) is 0.372. The summed E-state index contributed by atoms with van der Waals surface area (Å²) in [7, 11) is 1.38. The Bertz CT molecular complexity index is 326. The van der Waals surface area contributed by atoms with Crippen LogP contribution in [0.1, 0.15) is 35.0 Å². The minimum Gasteiger partial charge on any atom is -0.467 e. The van der Waals surface area contributed by atoms with Gasteiger partial charge in [-0.2, -0.15) is 0 Å². The van der Waals surface area contributed by atoms with Gasteiger partial charge < -0.3 is 14.5 Å². The monoisotopic (exact) mass is 195 g/mol. The summed E-state index contributed by atoms with van der Waals surface area (Å²) >= 11 is 0. The lowest BCUT2D eigenvalue weighted by Crippen LogP contribution is -2.15. The molecule has 1 saturated heterocycles. The Balaban J connectivity index is 2.24. The van der Waals surface area contributed by atoms with Crippen molar-refractivity contribution in [2.24, 2.45) is 0 Å². The fraction of sp³-hybridized carbons (Fsp3) is 0.500. The van der Waals surface area contributed by atoms with Gasteiger partial charge in [0.15, 0.2) is 0 Å². The van der Waals surface area contributed by atoms with E-state index in [1.165, 1.54) is 13.4 Å². The lowest BCUT2D eigenvalue weighted by Gasteiger charge is -2.08. The Hall–Kier alpha value is -1.29. The third-order valence-electron chi connectivity index (χ3n) is 2.48. The number of hydrogen-bond acceptors (Lipinski definition) is 4. The lowest BCUT2D eigenvalue weighted by atomic mass is 10.1. The van der Waals surface area contributed by atoms with Crippen molar-refractivity contribution >= 4 is 5.97 Å². The molecule has 0 amide bonds. The second kappa shape index (κ2) is 3.84. The van der Waals surface area contributed by atoms with E-state index in [-0.39, 0.29) is 12.0 Å². The fourth-order valence-corrected chi connectivity index (χ4v) is 1.78. The second-order valence-electron chi connectivity index (χ2n) is 3.34. The van der Waals surface area contributed by atoms with Gasteiger partial charge in [-0.3, -0.25) is 0 Å². The van der Waals surface area contributed by atoms with Crippen LogP contribution < -0.4 is 5.32 Å². The number of furan rings is 1. The van der Waals surface area contributed by atoms with Crippen molar-refractivity contribution in [3.63, 3.8) is 0 Å². The highest BCUT2D eigenvalue weighted by Gasteiger charge is 2.25. The molecule has 0 saturated carbocycles. The van der Waals surface area contributed by atoms with Crippen LogP contribution in [0.25, 0.3) is 0 Å². The second-order valence-corrected chi connectivity index (χ2v) is 3.34. The predicted octanol–water partition coefficient (Wildman–Crippen LogP) is 1.49. The van der Waals surface area contributed by atoms with Gasteiger partial charge in [-0.25, -0.2) is 4.79 Å². The first-order valence-corrected chi connectivity index (χ1v) is 4.72. The van der Waals surface area contributed by atoms with Crippen LogP contribution in [0.3, 0.4) is 0 Å². The van der Waals surface area contributed by atoms with E-state index in [4.69, 9.17) is 4.42 Å². The van der Waals surface area contributed by atoms with Crippen molar-refractivity contribution in [2.75, 3.05) is 13.7 Å². The van der Waals surface area contributed by atoms with E-state index in [0.717, 1.165) is 19.4 Å². The summed E-state index contributed by atoms with van der Waals surface area (Å²) < 4.78 is 9.98. The van der Waals surface area contributed by atoms with E-state index in [1.54, 1.807) is 6.07 Å². The molecule has 1 fully saturated rings. The van der Waals surface area contributed by atoms with Crippen LogP contribution in [0.4, 0.5) is 0 Å². The lowest BCUT2D eigenvalue weighted by molar-refractivity contribution is 0.0597. The Morgan fingerprint density at radius 1 is 1.71 bits per heavy atom. The summed E-state index contributed by atoms with van der Waals surface area (Å²) in [6.07, 6.45) is 3.66. The van der Waals surface area contributed by atoms with Crippen molar-refractivity contribution < 1.29 is 13.9 Å². The van der Waals surface area contributed by atoms with Gasteiger partial charge in [-0.15, -0.1) is 0 Å². The first kappa shape index (κ1) is 9.27. The van der Waals surface area contributed by atoms with Gasteiger partial charge in [0.1, 0.15) is 11.3 Å². The smallest absolute Gasteiger partial charge is 0.341 e. The van der Waals surface area contributed by atoms with Crippen LogP contribution in [0.5, 0.6) is 0 Å². The van der Waals surface area contributed by atoms with Crippen LogP contribution in [-0.2, 0) is 4.74 Å². The Kier molecular flexibility index (Phi) is 2.54. The molecule has 1 atom stereocenters. The number of carbonyl (C=O) groups excluding carboxylic acids is 1. The van der Waals surface area contributed by atoms with E-state index in [2.05, 4.69) is 10.1 Å². The maximum absolute atomic E-state index is 11.3. The van der Waals surface area contributed by atoms with Crippen LogP contribution in [0.15, 0.2) is 16.7 Å². The Morgan fingerprint density at radius 2 is 2.57 bits per heavy atom. The van der Waals surface area contributed by atoms with Crippen molar-refractivity contribution in [3.05, 3.63) is 23.7 Å². The number of methoxy groups -OCH3 is 1. The van der Waals surface area contributed by atoms with Crippen molar-refractivity contribution in [1.82, 2.24) is 5.32 Å². The molecular weight excluding hydrogens is 182 g/mol. The average Bonchev–Trinajstić information content (AvgIpc) is 2.85. The zero-order valence-electron chi connectivity index (χ0n) is 8.08. The zero-order chi connectivity index (χ0) is 9.97. The molecule has 0 spiro atoms. The van der Waals surface area contributed by atoms with Gasteiger partial charge in [-0.05, 0) is 25.5 Å². The topological polar surface area (TPSA) is 51.5 Å². The maximum Gasteiger partial charge on any atom is 0.341 e. The molecule has 2 rings (SSSR count). The molecule has 4 heteroatoms. The minimum absolute atomic E-state index is 0.166. The Morgan fingerprint density at radius 3 is 3.21 bits per heavy atom. The minimum atomic E-state index is -0.331. The molecule has 1 aromatic heterocycles. The zero-order valence-corrected chi connectivity index (χ0v) is 8.08. The fourth-order valence-electron chi connectivity index (χ4n) is 1.78. The molecule has 1 aliphatic heterocycles. The molecule has 4 nitrogen and oxygen atoms in total. The standard InChI is InChI=1S/C10H13NO3/c1-13-10(12)7-4-6-14-9(7)8-3-2-5-11-8/h4,6,8,11H,2-3,5H2,1H3/t8-/m1/s1. The highest BCUT2D eigenvalue weighted by atomic mass is 16.5. The Labute approximate surface area is 82.2 Å². The number of esters is 1. The predicted molar refractivity (Wildman–Crippen MR) is 50.0 cm³/mol. The molecule has 1 aliphatic rings. The third kappa shape index (κ3) is 1.53. The first-order chi connectivity index (χ1) is 6.83. The molecule has 14 heavy (non-hydrogen) atoms. The number of carbonyl (C=O) groups is 1. The maximum atomic E-state index is 11.3.